The molecule has 0 aliphatic rings. The first-order chi connectivity index (χ1) is 7.40. The molecule has 16 heavy (non-hydrogen) atoms. The maximum absolute atomic E-state index is 13.4. The van der Waals surface area contributed by atoms with Gasteiger partial charge in [0.25, 0.3) is 0 Å². The second-order valence-corrected chi connectivity index (χ2v) is 7.02. The summed E-state index contributed by atoms with van der Waals surface area (Å²) in [5.74, 6) is 0. The zero-order valence-corrected chi connectivity index (χ0v) is 11.9. The summed E-state index contributed by atoms with van der Waals surface area (Å²) in [6, 6.07) is 0. The molecule has 4 heteroatoms. The van der Waals surface area contributed by atoms with E-state index in [-0.39, 0.29) is 6.10 Å². The van der Waals surface area contributed by atoms with E-state index in [1.807, 2.05) is 0 Å². The van der Waals surface area contributed by atoms with Crippen LogP contribution in [-0.4, -0.2) is 11.8 Å². The molecule has 0 bridgehead atoms. The molecule has 0 aliphatic carbocycles. The Balaban J connectivity index is 3.66. The second-order valence-electron chi connectivity index (χ2n) is 4.73. The van der Waals surface area contributed by atoms with Crippen molar-refractivity contribution >= 4 is 7.68 Å². The molecule has 0 radical (unpaired) electrons. The molecule has 0 saturated heterocycles. The molecular weight excluding hydrogens is 226 g/mol. The third kappa shape index (κ3) is 7.40. The summed E-state index contributed by atoms with van der Waals surface area (Å²) in [6.07, 6.45) is 6.44. The molecule has 0 aromatic carbocycles. The lowest BCUT2D eigenvalue weighted by Gasteiger charge is -2.18. The van der Waals surface area contributed by atoms with Gasteiger partial charge in [-0.25, -0.2) is 0 Å². The first-order valence-corrected chi connectivity index (χ1v) is 7.96. The van der Waals surface area contributed by atoms with Crippen LogP contribution < -0.4 is 0 Å². The predicted octanol–water partition coefficient (Wildman–Crippen LogP) is 5.32. The second kappa shape index (κ2) is 8.25. The van der Waals surface area contributed by atoms with Crippen molar-refractivity contribution in [2.75, 3.05) is 0 Å². The molecule has 0 spiro atoms. The van der Waals surface area contributed by atoms with E-state index in [4.69, 9.17) is 4.52 Å². The van der Waals surface area contributed by atoms with Crippen LogP contribution in [0.4, 0.5) is 4.20 Å². The summed E-state index contributed by atoms with van der Waals surface area (Å²) in [7, 11) is -3.88. The van der Waals surface area contributed by atoms with E-state index < -0.39 is 13.3 Å². The molecule has 0 aromatic rings. The minimum atomic E-state index is -3.88. The third-order valence-corrected chi connectivity index (χ3v) is 4.54. The Labute approximate surface area is 99.5 Å². The lowest BCUT2D eigenvalue weighted by atomic mass is 10.1. The Morgan fingerprint density at radius 1 is 1.12 bits per heavy atom. The topological polar surface area (TPSA) is 26.3 Å². The van der Waals surface area contributed by atoms with Gasteiger partial charge in [0.2, 0.25) is 0 Å². The van der Waals surface area contributed by atoms with E-state index in [1.54, 1.807) is 20.8 Å². The highest BCUT2D eigenvalue weighted by Gasteiger charge is 2.29. The van der Waals surface area contributed by atoms with Crippen molar-refractivity contribution in [3.8, 4) is 0 Å². The fourth-order valence-corrected chi connectivity index (χ4v) is 2.29. The van der Waals surface area contributed by atoms with E-state index in [1.165, 1.54) is 19.3 Å². The number of hydrogen-bond acceptors (Lipinski definition) is 2. The van der Waals surface area contributed by atoms with Crippen molar-refractivity contribution in [3.05, 3.63) is 0 Å². The van der Waals surface area contributed by atoms with Crippen LogP contribution in [0.1, 0.15) is 66.2 Å². The summed E-state index contributed by atoms with van der Waals surface area (Å²) < 4.78 is 29.8. The van der Waals surface area contributed by atoms with E-state index in [0.717, 1.165) is 19.3 Å². The van der Waals surface area contributed by atoms with Crippen LogP contribution in [0, 0.1) is 0 Å². The van der Waals surface area contributed by atoms with Gasteiger partial charge in [-0.2, -0.15) is 4.20 Å². The number of hydrogen-bond donors (Lipinski definition) is 0. The maximum atomic E-state index is 13.4. The quantitative estimate of drug-likeness (QED) is 0.410. The summed E-state index contributed by atoms with van der Waals surface area (Å²) >= 11 is 0. The molecule has 2 unspecified atom stereocenters. The van der Waals surface area contributed by atoms with Crippen LogP contribution in [0.25, 0.3) is 0 Å². The first kappa shape index (κ1) is 16.1. The molecule has 2 atom stereocenters. The molecule has 0 rings (SSSR count). The fourth-order valence-electron chi connectivity index (χ4n) is 1.46. The van der Waals surface area contributed by atoms with Gasteiger partial charge in [0, 0.05) is 0 Å². The van der Waals surface area contributed by atoms with Crippen LogP contribution in [0.15, 0.2) is 0 Å². The summed E-state index contributed by atoms with van der Waals surface area (Å²) in [4.78, 5) is 0. The summed E-state index contributed by atoms with van der Waals surface area (Å²) in [5, 5.41) is 0. The van der Waals surface area contributed by atoms with Crippen molar-refractivity contribution < 1.29 is 13.3 Å². The van der Waals surface area contributed by atoms with Crippen molar-refractivity contribution in [2.24, 2.45) is 0 Å². The van der Waals surface area contributed by atoms with Crippen LogP contribution in [0.5, 0.6) is 0 Å². The van der Waals surface area contributed by atoms with Crippen LogP contribution in [-0.2, 0) is 9.09 Å². The highest BCUT2D eigenvalue weighted by molar-refractivity contribution is 7.54. The van der Waals surface area contributed by atoms with E-state index in [9.17, 15) is 8.76 Å². The van der Waals surface area contributed by atoms with Gasteiger partial charge in [-0.1, -0.05) is 52.9 Å². The van der Waals surface area contributed by atoms with Gasteiger partial charge in [0.05, 0.1) is 11.8 Å². The van der Waals surface area contributed by atoms with Gasteiger partial charge in [0.15, 0.2) is 0 Å². The molecule has 98 valence electrons. The Kier molecular flexibility index (Phi) is 8.31. The number of halogens is 1. The van der Waals surface area contributed by atoms with E-state index in [2.05, 4.69) is 6.92 Å². The minimum Gasteiger partial charge on any atom is -0.302 e. The van der Waals surface area contributed by atoms with Gasteiger partial charge in [-0.05, 0) is 13.3 Å². The fraction of sp³-hybridized carbons (Fsp3) is 1.00. The number of rotatable bonds is 9. The van der Waals surface area contributed by atoms with Crippen LogP contribution in [0.3, 0.4) is 0 Å². The Morgan fingerprint density at radius 2 is 1.69 bits per heavy atom. The van der Waals surface area contributed by atoms with Gasteiger partial charge in [0.1, 0.15) is 0 Å². The molecular formula is C12H26FO2P. The maximum Gasteiger partial charge on any atom is 0.370 e. The smallest absolute Gasteiger partial charge is 0.302 e. The van der Waals surface area contributed by atoms with Crippen molar-refractivity contribution in [2.45, 2.75) is 78.0 Å². The Hall–Kier alpha value is 0.120. The molecule has 0 aliphatic heterocycles. The molecule has 2 nitrogen and oxygen atoms in total. The van der Waals surface area contributed by atoms with Crippen molar-refractivity contribution in [3.63, 3.8) is 0 Å². The van der Waals surface area contributed by atoms with Gasteiger partial charge in [-0.15, -0.1) is 0 Å². The molecule has 0 amide bonds. The molecule has 0 saturated carbocycles. The molecule has 0 fully saturated rings. The normalized spacial score (nSPS) is 17.4. The monoisotopic (exact) mass is 252 g/mol. The van der Waals surface area contributed by atoms with Crippen LogP contribution >= 0.6 is 7.68 Å². The van der Waals surface area contributed by atoms with E-state index >= 15 is 0 Å². The summed E-state index contributed by atoms with van der Waals surface area (Å²) in [6.45, 7) is 7.16. The van der Waals surface area contributed by atoms with Gasteiger partial charge >= 0.3 is 7.68 Å². The lowest BCUT2D eigenvalue weighted by molar-refractivity contribution is 0.189. The van der Waals surface area contributed by atoms with Crippen molar-refractivity contribution in [1.82, 2.24) is 0 Å². The van der Waals surface area contributed by atoms with Gasteiger partial charge < -0.3 is 4.52 Å². The minimum absolute atomic E-state index is 0.236. The largest absolute Gasteiger partial charge is 0.370 e. The Bertz CT molecular complexity index is 219. The first-order valence-electron chi connectivity index (χ1n) is 6.38. The molecule has 0 aromatic heterocycles. The Morgan fingerprint density at radius 3 is 2.19 bits per heavy atom. The standard InChI is InChI=1S/C12H26FO2P/c1-5-6-7-8-9-10-12(4)15-16(13,14)11(2)3/h11-12H,5-10H2,1-4H3. The zero-order valence-electron chi connectivity index (χ0n) is 11.0. The summed E-state index contributed by atoms with van der Waals surface area (Å²) in [5.41, 5.74) is -0.532. The SMILES string of the molecule is CCCCCCCC(C)OP(=O)(F)C(C)C. The zero-order chi connectivity index (χ0) is 12.6. The lowest BCUT2D eigenvalue weighted by Crippen LogP contribution is -2.08. The highest BCUT2D eigenvalue weighted by atomic mass is 31.2. The van der Waals surface area contributed by atoms with Gasteiger partial charge in [-0.3, -0.25) is 4.57 Å². The molecule has 0 heterocycles. The average molecular weight is 252 g/mol. The predicted molar refractivity (Wildman–Crippen MR) is 67.8 cm³/mol. The third-order valence-electron chi connectivity index (χ3n) is 2.65. The number of unbranched alkanes of at least 4 members (excludes halogenated alkanes) is 4. The molecule has 0 N–H and O–H groups in total. The van der Waals surface area contributed by atoms with Crippen molar-refractivity contribution in [1.29, 1.82) is 0 Å². The van der Waals surface area contributed by atoms with Crippen LogP contribution in [0.2, 0.25) is 0 Å². The average Bonchev–Trinajstić information content (AvgIpc) is 2.16. The highest BCUT2D eigenvalue weighted by Crippen LogP contribution is 2.54. The van der Waals surface area contributed by atoms with E-state index in [0.29, 0.717) is 0 Å².